The highest BCUT2D eigenvalue weighted by Crippen LogP contribution is 2.15. The predicted octanol–water partition coefficient (Wildman–Crippen LogP) is 1.21. The molecule has 0 amide bonds. The number of rotatable bonds is 2. The molecule has 1 heterocycles. The molecule has 1 aliphatic rings. The first-order chi connectivity index (χ1) is 6.25. The zero-order chi connectivity index (χ0) is 9.68. The first kappa shape index (κ1) is 10.6. The lowest BCUT2D eigenvalue weighted by Crippen LogP contribution is -2.50. The van der Waals surface area contributed by atoms with E-state index in [-0.39, 0.29) is 0 Å². The van der Waals surface area contributed by atoms with Gasteiger partial charge in [0.15, 0.2) is 0 Å². The maximum atomic E-state index is 6.00. The summed E-state index contributed by atoms with van der Waals surface area (Å²) in [5.41, 5.74) is 6.00. The molecule has 0 bridgehead atoms. The summed E-state index contributed by atoms with van der Waals surface area (Å²) < 4.78 is 0. The van der Waals surface area contributed by atoms with Crippen LogP contribution in [0.25, 0.3) is 0 Å². The summed E-state index contributed by atoms with van der Waals surface area (Å²) in [5.74, 6) is 6.02. The van der Waals surface area contributed by atoms with Crippen LogP contribution in [0.1, 0.15) is 33.1 Å². The van der Waals surface area contributed by atoms with Crippen LogP contribution in [-0.2, 0) is 0 Å². The summed E-state index contributed by atoms with van der Waals surface area (Å²) in [6, 6.07) is 0.899. The first-order valence-corrected chi connectivity index (χ1v) is 5.15. The molecule has 2 unspecified atom stereocenters. The summed E-state index contributed by atoms with van der Waals surface area (Å²) >= 11 is 0. The fourth-order valence-corrected chi connectivity index (χ4v) is 1.89. The Balaban J connectivity index is 2.33. The molecule has 1 fully saturated rings. The molecule has 1 rings (SSSR count). The Morgan fingerprint density at radius 2 is 2.31 bits per heavy atom. The molecule has 13 heavy (non-hydrogen) atoms. The maximum absolute atomic E-state index is 6.00. The van der Waals surface area contributed by atoms with Crippen LogP contribution >= 0.6 is 0 Å². The minimum absolute atomic E-state index is 0.364. The molecule has 0 aromatic rings. The topological polar surface area (TPSA) is 29.3 Å². The van der Waals surface area contributed by atoms with Gasteiger partial charge in [-0.1, -0.05) is 0 Å². The van der Waals surface area contributed by atoms with Crippen molar-refractivity contribution in [3.63, 3.8) is 0 Å². The van der Waals surface area contributed by atoms with E-state index < -0.39 is 0 Å². The molecule has 1 saturated heterocycles. The van der Waals surface area contributed by atoms with Gasteiger partial charge in [-0.15, -0.1) is 11.8 Å². The molecule has 0 saturated carbocycles. The van der Waals surface area contributed by atoms with Gasteiger partial charge in [-0.3, -0.25) is 4.90 Å². The summed E-state index contributed by atoms with van der Waals surface area (Å²) in [7, 11) is 0. The van der Waals surface area contributed by atoms with Crippen molar-refractivity contribution < 1.29 is 0 Å². The summed E-state index contributed by atoms with van der Waals surface area (Å²) in [5, 5.41) is 0. The molecule has 74 valence electrons. The molecular weight excluding hydrogens is 160 g/mol. The van der Waals surface area contributed by atoms with Crippen LogP contribution in [-0.4, -0.2) is 30.1 Å². The Morgan fingerprint density at radius 1 is 1.54 bits per heavy atom. The highest BCUT2D eigenvalue weighted by atomic mass is 15.2. The molecule has 2 heteroatoms. The lowest BCUT2D eigenvalue weighted by Gasteiger charge is -2.37. The van der Waals surface area contributed by atoms with Gasteiger partial charge >= 0.3 is 0 Å². The fraction of sp³-hybridized carbons (Fsp3) is 0.818. The Labute approximate surface area is 81.5 Å². The van der Waals surface area contributed by atoms with Gasteiger partial charge in [0.05, 0.1) is 0 Å². The van der Waals surface area contributed by atoms with Crippen LogP contribution in [0.2, 0.25) is 0 Å². The quantitative estimate of drug-likeness (QED) is 0.647. The number of nitrogens with two attached hydrogens (primary N) is 1. The number of nitrogens with zero attached hydrogens (tertiary/aromatic N) is 1. The van der Waals surface area contributed by atoms with Crippen molar-refractivity contribution >= 4 is 0 Å². The van der Waals surface area contributed by atoms with Crippen molar-refractivity contribution in [2.75, 3.05) is 13.1 Å². The monoisotopic (exact) mass is 180 g/mol. The van der Waals surface area contributed by atoms with Gasteiger partial charge in [-0.05, 0) is 33.2 Å². The number of likely N-dealkylation sites (tertiary alicyclic amines) is 1. The Bertz CT molecular complexity index is 202. The van der Waals surface area contributed by atoms with E-state index in [0.717, 1.165) is 13.0 Å². The minimum atomic E-state index is 0.364. The van der Waals surface area contributed by atoms with Gasteiger partial charge in [0, 0.05) is 25.0 Å². The van der Waals surface area contributed by atoms with Gasteiger partial charge in [0.1, 0.15) is 0 Å². The Kier molecular flexibility index (Phi) is 4.27. The van der Waals surface area contributed by atoms with Crippen LogP contribution in [0.3, 0.4) is 0 Å². The summed E-state index contributed by atoms with van der Waals surface area (Å²) in [6.07, 6.45) is 3.40. The van der Waals surface area contributed by atoms with E-state index in [2.05, 4.69) is 23.7 Å². The molecule has 2 nitrogen and oxygen atoms in total. The van der Waals surface area contributed by atoms with Crippen LogP contribution in [0.5, 0.6) is 0 Å². The standard InChI is InChI=1S/C11H20N2/c1-3-4-5-8-13-9-6-7-11(12)10(13)2/h10-11H,5-9,12H2,1-2H3. The van der Waals surface area contributed by atoms with Crippen molar-refractivity contribution in [2.24, 2.45) is 5.73 Å². The average Bonchev–Trinajstić information content (AvgIpc) is 2.13. The van der Waals surface area contributed by atoms with Gasteiger partial charge in [0.2, 0.25) is 0 Å². The second kappa shape index (κ2) is 5.26. The molecular formula is C11H20N2. The van der Waals surface area contributed by atoms with Crippen molar-refractivity contribution in [3.8, 4) is 11.8 Å². The second-order valence-corrected chi connectivity index (χ2v) is 3.76. The molecule has 0 radical (unpaired) electrons. The third kappa shape index (κ3) is 3.02. The molecule has 1 aliphatic heterocycles. The highest BCUT2D eigenvalue weighted by Gasteiger charge is 2.23. The lowest BCUT2D eigenvalue weighted by molar-refractivity contribution is 0.144. The van der Waals surface area contributed by atoms with E-state index in [4.69, 9.17) is 5.73 Å². The summed E-state index contributed by atoms with van der Waals surface area (Å²) in [4.78, 5) is 2.46. The van der Waals surface area contributed by atoms with Gasteiger partial charge in [-0.2, -0.15) is 0 Å². The Hall–Kier alpha value is -0.520. The number of hydrogen-bond donors (Lipinski definition) is 1. The van der Waals surface area contributed by atoms with Gasteiger partial charge in [0.25, 0.3) is 0 Å². The van der Waals surface area contributed by atoms with E-state index in [1.807, 2.05) is 6.92 Å². The average molecular weight is 180 g/mol. The lowest BCUT2D eigenvalue weighted by atomic mass is 9.98. The van der Waals surface area contributed by atoms with Gasteiger partial charge in [-0.25, -0.2) is 0 Å². The molecule has 0 spiro atoms. The second-order valence-electron chi connectivity index (χ2n) is 3.76. The van der Waals surface area contributed by atoms with Crippen LogP contribution < -0.4 is 5.73 Å². The van der Waals surface area contributed by atoms with E-state index in [0.29, 0.717) is 12.1 Å². The number of piperidine rings is 1. The van der Waals surface area contributed by atoms with Crippen LogP contribution in [0.4, 0.5) is 0 Å². The fourth-order valence-electron chi connectivity index (χ4n) is 1.89. The normalized spacial score (nSPS) is 29.5. The van der Waals surface area contributed by atoms with Crippen LogP contribution in [0.15, 0.2) is 0 Å². The number of hydrogen-bond acceptors (Lipinski definition) is 2. The third-order valence-electron chi connectivity index (χ3n) is 2.88. The van der Waals surface area contributed by atoms with E-state index >= 15 is 0 Å². The molecule has 2 N–H and O–H groups in total. The van der Waals surface area contributed by atoms with E-state index in [9.17, 15) is 0 Å². The first-order valence-electron chi connectivity index (χ1n) is 5.15. The van der Waals surface area contributed by atoms with Crippen molar-refractivity contribution in [2.45, 2.75) is 45.2 Å². The third-order valence-corrected chi connectivity index (χ3v) is 2.88. The summed E-state index contributed by atoms with van der Waals surface area (Å²) in [6.45, 7) is 6.39. The zero-order valence-corrected chi connectivity index (χ0v) is 8.71. The SMILES string of the molecule is CC#CCCN1CCCC(N)C1C. The predicted molar refractivity (Wildman–Crippen MR) is 56.3 cm³/mol. The smallest absolute Gasteiger partial charge is 0.0219 e. The largest absolute Gasteiger partial charge is 0.326 e. The highest BCUT2D eigenvalue weighted by molar-refractivity contribution is 4.96. The van der Waals surface area contributed by atoms with Crippen molar-refractivity contribution in [3.05, 3.63) is 0 Å². The van der Waals surface area contributed by atoms with Crippen molar-refractivity contribution in [1.29, 1.82) is 0 Å². The van der Waals surface area contributed by atoms with Crippen LogP contribution in [0, 0.1) is 11.8 Å². The molecule has 0 aliphatic carbocycles. The molecule has 0 aromatic heterocycles. The van der Waals surface area contributed by atoms with E-state index in [1.54, 1.807) is 0 Å². The Morgan fingerprint density at radius 3 is 3.00 bits per heavy atom. The van der Waals surface area contributed by atoms with Crippen molar-refractivity contribution in [1.82, 2.24) is 4.90 Å². The molecule has 0 aromatic carbocycles. The molecule has 2 atom stereocenters. The minimum Gasteiger partial charge on any atom is -0.326 e. The van der Waals surface area contributed by atoms with E-state index in [1.165, 1.54) is 19.4 Å². The van der Waals surface area contributed by atoms with Gasteiger partial charge < -0.3 is 5.73 Å². The maximum Gasteiger partial charge on any atom is 0.0219 e. The zero-order valence-electron chi connectivity index (χ0n) is 8.71.